The van der Waals surface area contributed by atoms with E-state index in [2.05, 4.69) is 15.5 Å². The fourth-order valence-electron chi connectivity index (χ4n) is 2.57. The van der Waals surface area contributed by atoms with E-state index in [-0.39, 0.29) is 12.2 Å². The lowest BCUT2D eigenvalue weighted by Gasteiger charge is -2.22. The number of aromatic nitrogens is 2. The zero-order chi connectivity index (χ0) is 12.9. The lowest BCUT2D eigenvalue weighted by atomic mass is 10.1. The highest BCUT2D eigenvalue weighted by Gasteiger charge is 2.20. The Kier molecular flexibility index (Phi) is 4.42. The Labute approximate surface area is 112 Å². The van der Waals surface area contributed by atoms with Gasteiger partial charge in [0.2, 0.25) is 5.89 Å². The van der Waals surface area contributed by atoms with Crippen LogP contribution < -0.4 is 5.32 Å². The van der Waals surface area contributed by atoms with Crippen molar-refractivity contribution in [3.63, 3.8) is 0 Å². The SMILES string of the molecule is C1CCC(Cc2noc(CC3CNCCO3)n2)OC1. The third-order valence-corrected chi connectivity index (χ3v) is 3.60. The maximum absolute atomic E-state index is 5.68. The Morgan fingerprint density at radius 3 is 2.84 bits per heavy atom. The van der Waals surface area contributed by atoms with Gasteiger partial charge in [-0.2, -0.15) is 4.98 Å². The predicted molar refractivity (Wildman–Crippen MR) is 67.9 cm³/mol. The Morgan fingerprint density at radius 2 is 2.05 bits per heavy atom. The first-order valence-electron chi connectivity index (χ1n) is 7.15. The minimum absolute atomic E-state index is 0.146. The van der Waals surface area contributed by atoms with E-state index in [0.717, 1.165) is 45.0 Å². The van der Waals surface area contributed by atoms with E-state index in [9.17, 15) is 0 Å². The number of hydrogen-bond acceptors (Lipinski definition) is 6. The maximum Gasteiger partial charge on any atom is 0.229 e. The molecular weight excluding hydrogens is 246 g/mol. The summed E-state index contributed by atoms with van der Waals surface area (Å²) in [5.74, 6) is 1.42. The first-order chi connectivity index (χ1) is 9.40. The molecule has 106 valence electrons. The molecule has 2 aliphatic heterocycles. The molecule has 3 rings (SSSR count). The van der Waals surface area contributed by atoms with Crippen molar-refractivity contribution < 1.29 is 14.0 Å². The van der Waals surface area contributed by atoms with E-state index in [1.807, 2.05) is 0 Å². The van der Waals surface area contributed by atoms with Crippen LogP contribution in [0, 0.1) is 0 Å². The standard InChI is InChI=1S/C13H21N3O3/c1-2-5-17-10(3-1)7-12-15-13(19-16-12)8-11-9-14-4-6-18-11/h10-11,14H,1-9H2. The monoisotopic (exact) mass is 267 g/mol. The molecule has 2 aliphatic rings. The average Bonchev–Trinajstić information content (AvgIpc) is 2.88. The Bertz CT molecular complexity index is 350. The van der Waals surface area contributed by atoms with E-state index in [4.69, 9.17) is 14.0 Å². The van der Waals surface area contributed by atoms with Crippen molar-refractivity contribution in [1.29, 1.82) is 0 Å². The Morgan fingerprint density at radius 1 is 1.11 bits per heavy atom. The van der Waals surface area contributed by atoms with Gasteiger partial charge in [0.05, 0.1) is 25.2 Å². The van der Waals surface area contributed by atoms with Crippen LogP contribution in [0.5, 0.6) is 0 Å². The largest absolute Gasteiger partial charge is 0.378 e. The average molecular weight is 267 g/mol. The molecule has 0 aromatic carbocycles. The minimum Gasteiger partial charge on any atom is -0.378 e. The zero-order valence-electron chi connectivity index (χ0n) is 11.1. The fourth-order valence-corrected chi connectivity index (χ4v) is 2.57. The maximum atomic E-state index is 5.68. The molecule has 0 spiro atoms. The summed E-state index contributed by atoms with van der Waals surface area (Å²) in [6.45, 7) is 3.38. The molecule has 2 unspecified atom stereocenters. The number of nitrogens with one attached hydrogen (secondary N) is 1. The number of ether oxygens (including phenoxy) is 2. The number of morpholine rings is 1. The second-order valence-corrected chi connectivity index (χ2v) is 5.20. The molecule has 0 bridgehead atoms. The molecule has 6 heteroatoms. The van der Waals surface area contributed by atoms with Gasteiger partial charge in [0.1, 0.15) is 0 Å². The summed E-state index contributed by atoms with van der Waals surface area (Å²) in [6, 6.07) is 0. The van der Waals surface area contributed by atoms with E-state index in [0.29, 0.717) is 12.3 Å². The summed E-state index contributed by atoms with van der Waals surface area (Å²) >= 11 is 0. The summed E-state index contributed by atoms with van der Waals surface area (Å²) in [5.41, 5.74) is 0. The third kappa shape index (κ3) is 3.75. The number of nitrogens with zero attached hydrogens (tertiary/aromatic N) is 2. The van der Waals surface area contributed by atoms with Crippen LogP contribution in [-0.2, 0) is 22.3 Å². The van der Waals surface area contributed by atoms with Gasteiger partial charge in [-0.15, -0.1) is 0 Å². The zero-order valence-corrected chi connectivity index (χ0v) is 11.1. The van der Waals surface area contributed by atoms with Crippen molar-refractivity contribution >= 4 is 0 Å². The van der Waals surface area contributed by atoms with Crippen LogP contribution in [-0.4, -0.2) is 48.7 Å². The van der Waals surface area contributed by atoms with Crippen LogP contribution in [0.15, 0.2) is 4.52 Å². The van der Waals surface area contributed by atoms with Crippen LogP contribution in [0.4, 0.5) is 0 Å². The van der Waals surface area contributed by atoms with Gasteiger partial charge in [-0.3, -0.25) is 0 Å². The van der Waals surface area contributed by atoms with Crippen molar-refractivity contribution in [2.45, 2.75) is 44.3 Å². The third-order valence-electron chi connectivity index (χ3n) is 3.60. The molecule has 0 aliphatic carbocycles. The summed E-state index contributed by atoms with van der Waals surface area (Å²) in [5, 5.41) is 7.33. The first kappa shape index (κ1) is 13.0. The van der Waals surface area contributed by atoms with Gasteiger partial charge in [-0.25, -0.2) is 0 Å². The smallest absolute Gasteiger partial charge is 0.229 e. The highest BCUT2D eigenvalue weighted by atomic mass is 16.5. The molecule has 2 fully saturated rings. The molecule has 2 atom stereocenters. The molecule has 0 saturated carbocycles. The van der Waals surface area contributed by atoms with Crippen molar-refractivity contribution in [1.82, 2.24) is 15.5 Å². The van der Waals surface area contributed by atoms with E-state index in [1.54, 1.807) is 0 Å². The second-order valence-electron chi connectivity index (χ2n) is 5.20. The van der Waals surface area contributed by atoms with Gasteiger partial charge in [-0.05, 0) is 19.3 Å². The van der Waals surface area contributed by atoms with Crippen LogP contribution >= 0.6 is 0 Å². The van der Waals surface area contributed by atoms with Crippen LogP contribution in [0.25, 0.3) is 0 Å². The molecule has 3 heterocycles. The van der Waals surface area contributed by atoms with Crippen molar-refractivity contribution in [3.05, 3.63) is 11.7 Å². The van der Waals surface area contributed by atoms with E-state index >= 15 is 0 Å². The molecule has 6 nitrogen and oxygen atoms in total. The van der Waals surface area contributed by atoms with Gasteiger partial charge >= 0.3 is 0 Å². The van der Waals surface area contributed by atoms with Crippen LogP contribution in [0.2, 0.25) is 0 Å². The lowest BCUT2D eigenvalue weighted by Crippen LogP contribution is -2.39. The highest BCUT2D eigenvalue weighted by molar-refractivity contribution is 4.91. The lowest BCUT2D eigenvalue weighted by molar-refractivity contribution is 0.0153. The van der Waals surface area contributed by atoms with Gasteiger partial charge in [0.15, 0.2) is 5.82 Å². The van der Waals surface area contributed by atoms with Crippen molar-refractivity contribution in [3.8, 4) is 0 Å². The highest BCUT2D eigenvalue weighted by Crippen LogP contribution is 2.16. The minimum atomic E-state index is 0.146. The van der Waals surface area contributed by atoms with Gasteiger partial charge in [0.25, 0.3) is 0 Å². The quantitative estimate of drug-likeness (QED) is 0.866. The summed E-state index contributed by atoms with van der Waals surface area (Å²) < 4.78 is 16.6. The Hall–Kier alpha value is -0.980. The molecule has 2 saturated heterocycles. The molecular formula is C13H21N3O3. The Balaban J connectivity index is 1.50. The number of hydrogen-bond donors (Lipinski definition) is 1. The molecule has 1 aromatic heterocycles. The summed E-state index contributed by atoms with van der Waals surface area (Å²) in [7, 11) is 0. The van der Waals surface area contributed by atoms with Crippen LogP contribution in [0.1, 0.15) is 31.0 Å². The van der Waals surface area contributed by atoms with E-state index < -0.39 is 0 Å². The fraction of sp³-hybridized carbons (Fsp3) is 0.846. The van der Waals surface area contributed by atoms with Gasteiger partial charge < -0.3 is 19.3 Å². The number of rotatable bonds is 4. The van der Waals surface area contributed by atoms with E-state index in [1.165, 1.54) is 12.8 Å². The molecule has 19 heavy (non-hydrogen) atoms. The molecule has 0 amide bonds. The van der Waals surface area contributed by atoms with Crippen molar-refractivity contribution in [2.24, 2.45) is 0 Å². The molecule has 1 aromatic rings. The van der Waals surface area contributed by atoms with Gasteiger partial charge in [0, 0.05) is 26.1 Å². The van der Waals surface area contributed by atoms with Gasteiger partial charge in [-0.1, -0.05) is 5.16 Å². The normalized spacial score (nSPS) is 28.4. The second kappa shape index (κ2) is 6.45. The predicted octanol–water partition coefficient (Wildman–Crippen LogP) is 0.712. The first-order valence-corrected chi connectivity index (χ1v) is 7.15. The molecule has 0 radical (unpaired) electrons. The van der Waals surface area contributed by atoms with Crippen LogP contribution in [0.3, 0.4) is 0 Å². The topological polar surface area (TPSA) is 69.4 Å². The summed E-state index contributed by atoms with van der Waals surface area (Å²) in [4.78, 5) is 4.43. The molecule has 1 N–H and O–H groups in total. The van der Waals surface area contributed by atoms with Crippen molar-refractivity contribution in [2.75, 3.05) is 26.3 Å². The summed E-state index contributed by atoms with van der Waals surface area (Å²) in [6.07, 6.45) is 5.34.